The normalized spacial score (nSPS) is 12.0. The Kier molecular flexibility index (Phi) is 3.53. The van der Waals surface area contributed by atoms with Crippen LogP contribution in [0.25, 0.3) is 33.6 Å². The fourth-order valence-electron chi connectivity index (χ4n) is 3.27. The van der Waals surface area contributed by atoms with Crippen LogP contribution in [0, 0.1) is 0 Å². The summed E-state index contributed by atoms with van der Waals surface area (Å²) in [5.74, 6) is 0.988. The minimum Gasteiger partial charge on any atom is -0.488 e. The van der Waals surface area contributed by atoms with Crippen LogP contribution in [-0.4, -0.2) is 4.98 Å². The molecular formula is C24H17NO. The molecule has 0 bridgehead atoms. The molecule has 4 aromatic rings. The Balaban J connectivity index is 1.69. The molecule has 1 aliphatic heterocycles. The van der Waals surface area contributed by atoms with Crippen LogP contribution in [0.1, 0.15) is 5.56 Å². The van der Waals surface area contributed by atoms with E-state index in [-0.39, 0.29) is 0 Å². The van der Waals surface area contributed by atoms with Crippen LogP contribution in [0.4, 0.5) is 0 Å². The summed E-state index contributed by atoms with van der Waals surface area (Å²) in [5.41, 5.74) is 7.76. The average molecular weight is 335 g/mol. The van der Waals surface area contributed by atoms with Crippen LogP contribution in [0.15, 0.2) is 91.0 Å². The number of nitrogens with zero attached hydrogens (tertiary/aromatic N) is 1. The molecule has 0 N–H and O–H groups in total. The van der Waals surface area contributed by atoms with Gasteiger partial charge in [-0.25, -0.2) is 4.98 Å². The Hall–Kier alpha value is -3.39. The molecule has 2 heterocycles. The lowest BCUT2D eigenvalue weighted by Crippen LogP contribution is -2.08. The molecule has 3 aromatic carbocycles. The van der Waals surface area contributed by atoms with Crippen LogP contribution in [0.2, 0.25) is 0 Å². The summed E-state index contributed by atoms with van der Waals surface area (Å²) in [4.78, 5) is 4.92. The first-order valence-corrected chi connectivity index (χ1v) is 8.76. The van der Waals surface area contributed by atoms with E-state index in [1.165, 1.54) is 5.56 Å². The van der Waals surface area contributed by atoms with Crippen molar-refractivity contribution in [2.24, 2.45) is 0 Å². The second-order valence-corrected chi connectivity index (χ2v) is 6.47. The molecule has 26 heavy (non-hydrogen) atoms. The van der Waals surface area contributed by atoms with Crippen molar-refractivity contribution in [3.8, 4) is 39.4 Å². The minimum absolute atomic E-state index is 0.719. The van der Waals surface area contributed by atoms with Crippen LogP contribution in [0.3, 0.4) is 0 Å². The van der Waals surface area contributed by atoms with Crippen molar-refractivity contribution in [1.29, 1.82) is 0 Å². The Labute approximate surface area is 152 Å². The fourth-order valence-corrected chi connectivity index (χ4v) is 3.27. The number of ether oxygens (including phenoxy) is 1. The molecule has 0 saturated carbocycles. The van der Waals surface area contributed by atoms with Crippen molar-refractivity contribution in [3.63, 3.8) is 0 Å². The predicted molar refractivity (Wildman–Crippen MR) is 105 cm³/mol. The summed E-state index contributed by atoms with van der Waals surface area (Å²) in [5, 5.41) is 0. The second-order valence-electron chi connectivity index (χ2n) is 6.47. The maximum absolute atomic E-state index is 5.55. The van der Waals surface area contributed by atoms with Gasteiger partial charge in [0.1, 0.15) is 12.4 Å². The minimum atomic E-state index is 0.719. The van der Waals surface area contributed by atoms with Gasteiger partial charge in [0.25, 0.3) is 0 Å². The zero-order valence-electron chi connectivity index (χ0n) is 14.2. The highest BCUT2D eigenvalue weighted by Gasteiger charge is 2.16. The molecule has 1 aliphatic rings. The summed E-state index contributed by atoms with van der Waals surface area (Å²) in [6.45, 7) is 0.719. The van der Waals surface area contributed by atoms with E-state index in [1.807, 2.05) is 36.4 Å². The van der Waals surface area contributed by atoms with Crippen molar-refractivity contribution < 1.29 is 4.74 Å². The van der Waals surface area contributed by atoms with E-state index in [9.17, 15) is 0 Å². The van der Waals surface area contributed by atoms with Gasteiger partial charge in [0, 0.05) is 16.7 Å². The number of pyridine rings is 1. The number of benzene rings is 3. The third-order valence-electron chi connectivity index (χ3n) is 4.75. The number of hydrogen-bond acceptors (Lipinski definition) is 2. The molecule has 2 nitrogen and oxygen atoms in total. The van der Waals surface area contributed by atoms with Gasteiger partial charge in [-0.05, 0) is 29.3 Å². The van der Waals surface area contributed by atoms with Crippen LogP contribution < -0.4 is 4.74 Å². The van der Waals surface area contributed by atoms with Gasteiger partial charge in [-0.3, -0.25) is 0 Å². The van der Waals surface area contributed by atoms with Gasteiger partial charge >= 0.3 is 0 Å². The molecule has 0 unspecified atom stereocenters. The van der Waals surface area contributed by atoms with Gasteiger partial charge in [-0.1, -0.05) is 72.8 Å². The van der Waals surface area contributed by atoms with E-state index >= 15 is 0 Å². The van der Waals surface area contributed by atoms with Gasteiger partial charge in [0.15, 0.2) is 0 Å². The maximum atomic E-state index is 5.55. The molecule has 0 amide bonds. The van der Waals surface area contributed by atoms with Crippen LogP contribution in [0.5, 0.6) is 5.75 Å². The van der Waals surface area contributed by atoms with Gasteiger partial charge in [-0.2, -0.15) is 0 Å². The summed E-state index contributed by atoms with van der Waals surface area (Å²) < 4.78 is 5.55. The van der Waals surface area contributed by atoms with Crippen molar-refractivity contribution in [1.82, 2.24) is 4.98 Å². The van der Waals surface area contributed by atoms with E-state index in [2.05, 4.69) is 54.6 Å². The molecule has 0 atom stereocenters. The molecule has 1 aromatic heterocycles. The fraction of sp³-hybridized carbons (Fsp3) is 0.0417. The number of rotatable bonds is 3. The summed E-state index contributed by atoms with van der Waals surface area (Å²) in [6, 6.07) is 31.4. The smallest absolute Gasteiger partial charge is 0.127 e. The standard InChI is InChI=1S/C24H17NO/c1-3-7-17(8-4-1)22-13-21(19-11-12-20-16-26-24(20)15-19)14-23(25-22)18-9-5-2-6-10-18/h1-15H,16H2. The zero-order chi connectivity index (χ0) is 17.3. The van der Waals surface area contributed by atoms with E-state index in [0.29, 0.717) is 0 Å². The van der Waals surface area contributed by atoms with Crippen LogP contribution in [-0.2, 0) is 6.61 Å². The van der Waals surface area contributed by atoms with Crippen molar-refractivity contribution in [2.75, 3.05) is 0 Å². The first-order chi connectivity index (χ1) is 12.9. The summed E-state index contributed by atoms with van der Waals surface area (Å²) in [7, 11) is 0. The molecule has 5 rings (SSSR count). The lowest BCUT2D eigenvalue weighted by atomic mass is 9.98. The zero-order valence-corrected chi connectivity index (χ0v) is 14.2. The topological polar surface area (TPSA) is 22.1 Å². The molecule has 0 aliphatic carbocycles. The maximum Gasteiger partial charge on any atom is 0.127 e. The first kappa shape index (κ1) is 14.9. The lowest BCUT2D eigenvalue weighted by molar-refractivity contribution is 0.243. The van der Waals surface area contributed by atoms with Crippen molar-refractivity contribution in [2.45, 2.75) is 6.61 Å². The Morgan fingerprint density at radius 3 is 1.69 bits per heavy atom. The van der Waals surface area contributed by atoms with E-state index in [4.69, 9.17) is 9.72 Å². The molecular weight excluding hydrogens is 318 g/mol. The lowest BCUT2D eigenvalue weighted by Gasteiger charge is -2.21. The van der Waals surface area contributed by atoms with Gasteiger partial charge in [0.2, 0.25) is 0 Å². The average Bonchev–Trinajstić information content (AvgIpc) is 2.70. The highest BCUT2D eigenvalue weighted by atomic mass is 16.5. The highest BCUT2D eigenvalue weighted by molar-refractivity contribution is 5.77. The monoisotopic (exact) mass is 335 g/mol. The summed E-state index contributed by atoms with van der Waals surface area (Å²) in [6.07, 6.45) is 0. The molecule has 0 radical (unpaired) electrons. The third-order valence-corrected chi connectivity index (χ3v) is 4.75. The van der Waals surface area contributed by atoms with Gasteiger partial charge in [-0.15, -0.1) is 0 Å². The number of hydrogen-bond donors (Lipinski definition) is 0. The first-order valence-electron chi connectivity index (χ1n) is 8.76. The Bertz CT molecular complexity index is 1010. The SMILES string of the molecule is c1ccc(-c2cc(-c3ccc4c(c3)OC4)cc(-c3ccccc3)n2)cc1. The van der Waals surface area contributed by atoms with Crippen molar-refractivity contribution >= 4 is 0 Å². The Morgan fingerprint density at radius 1 is 0.577 bits per heavy atom. The molecule has 0 fully saturated rings. The van der Waals surface area contributed by atoms with E-state index < -0.39 is 0 Å². The molecule has 2 heteroatoms. The van der Waals surface area contributed by atoms with E-state index in [0.717, 1.165) is 46.0 Å². The second kappa shape index (κ2) is 6.16. The molecule has 0 spiro atoms. The predicted octanol–water partition coefficient (Wildman–Crippen LogP) is 5.98. The van der Waals surface area contributed by atoms with Gasteiger partial charge in [0.05, 0.1) is 11.4 Å². The van der Waals surface area contributed by atoms with Crippen LogP contribution >= 0.6 is 0 Å². The molecule has 124 valence electrons. The Morgan fingerprint density at radius 2 is 1.19 bits per heavy atom. The largest absolute Gasteiger partial charge is 0.488 e. The van der Waals surface area contributed by atoms with E-state index in [1.54, 1.807) is 0 Å². The highest BCUT2D eigenvalue weighted by Crippen LogP contribution is 2.36. The number of fused-ring (bicyclic) bond motifs is 1. The summed E-state index contributed by atoms with van der Waals surface area (Å²) >= 11 is 0. The third kappa shape index (κ3) is 2.66. The van der Waals surface area contributed by atoms with Gasteiger partial charge < -0.3 is 4.74 Å². The quantitative estimate of drug-likeness (QED) is 0.460. The number of aromatic nitrogens is 1. The van der Waals surface area contributed by atoms with Crippen molar-refractivity contribution in [3.05, 3.63) is 96.6 Å². The molecule has 0 saturated heterocycles.